The normalized spacial score (nSPS) is 11.7. The smallest absolute Gasteiger partial charge is 0.341 e. The number of nitrogens with one attached hydrogen (secondary N) is 1. The Bertz CT molecular complexity index is 828. The van der Waals surface area contributed by atoms with Crippen molar-refractivity contribution in [1.29, 1.82) is 0 Å². The SMILES string of the molecule is Cc1cc(CCNC(=O)c2ccccc2S(=O)(=O)C(F)F)nn1C. The lowest BCUT2D eigenvalue weighted by molar-refractivity contribution is 0.0950. The lowest BCUT2D eigenvalue weighted by Crippen LogP contribution is -2.28. The molecule has 1 amide bonds. The molecule has 2 rings (SSSR count). The van der Waals surface area contributed by atoms with E-state index in [9.17, 15) is 22.0 Å². The first-order valence-corrected chi connectivity index (χ1v) is 8.67. The van der Waals surface area contributed by atoms with E-state index in [1.54, 1.807) is 11.7 Å². The maximum Gasteiger partial charge on any atom is 0.341 e. The van der Waals surface area contributed by atoms with E-state index in [1.807, 2.05) is 13.0 Å². The summed E-state index contributed by atoms with van der Waals surface area (Å²) in [5.74, 6) is -4.30. The van der Waals surface area contributed by atoms with Gasteiger partial charge < -0.3 is 5.32 Å². The largest absolute Gasteiger partial charge is 0.352 e. The molecular formula is C15H17F2N3O3S. The molecule has 0 aliphatic rings. The van der Waals surface area contributed by atoms with Gasteiger partial charge in [-0.3, -0.25) is 9.48 Å². The third kappa shape index (κ3) is 3.78. The van der Waals surface area contributed by atoms with Crippen LogP contribution in [-0.2, 0) is 23.3 Å². The van der Waals surface area contributed by atoms with Crippen molar-refractivity contribution < 1.29 is 22.0 Å². The minimum atomic E-state index is -4.84. The summed E-state index contributed by atoms with van der Waals surface area (Å²) < 4.78 is 50.4. The van der Waals surface area contributed by atoms with Crippen molar-refractivity contribution in [1.82, 2.24) is 15.1 Å². The Hall–Kier alpha value is -2.29. The van der Waals surface area contributed by atoms with E-state index in [4.69, 9.17) is 0 Å². The van der Waals surface area contributed by atoms with Crippen molar-refractivity contribution in [2.45, 2.75) is 24.0 Å². The molecule has 1 aromatic carbocycles. The van der Waals surface area contributed by atoms with Gasteiger partial charge in [0.25, 0.3) is 5.91 Å². The summed E-state index contributed by atoms with van der Waals surface area (Å²) in [6.45, 7) is 2.10. The van der Waals surface area contributed by atoms with Gasteiger partial charge in [0.1, 0.15) is 0 Å². The third-order valence-corrected chi connectivity index (χ3v) is 4.94. The van der Waals surface area contributed by atoms with Gasteiger partial charge in [-0.2, -0.15) is 13.9 Å². The molecule has 0 radical (unpaired) electrons. The average molecular weight is 357 g/mol. The van der Waals surface area contributed by atoms with E-state index in [0.29, 0.717) is 6.42 Å². The predicted octanol–water partition coefficient (Wildman–Crippen LogP) is 1.70. The molecule has 1 aromatic heterocycles. The zero-order valence-corrected chi connectivity index (χ0v) is 14.0. The van der Waals surface area contributed by atoms with E-state index in [1.165, 1.54) is 18.2 Å². The van der Waals surface area contributed by atoms with E-state index >= 15 is 0 Å². The van der Waals surface area contributed by atoms with Gasteiger partial charge in [0.2, 0.25) is 9.84 Å². The fraction of sp³-hybridized carbons (Fsp3) is 0.333. The highest BCUT2D eigenvalue weighted by Crippen LogP contribution is 2.22. The van der Waals surface area contributed by atoms with Crippen LogP contribution in [0.2, 0.25) is 0 Å². The molecule has 130 valence electrons. The molecule has 0 fully saturated rings. The van der Waals surface area contributed by atoms with Crippen molar-refractivity contribution >= 4 is 15.7 Å². The highest BCUT2D eigenvalue weighted by molar-refractivity contribution is 7.91. The summed E-state index contributed by atoms with van der Waals surface area (Å²) in [4.78, 5) is 11.5. The molecule has 0 aliphatic heterocycles. The van der Waals surface area contributed by atoms with Crippen LogP contribution < -0.4 is 5.32 Å². The Morgan fingerprint density at radius 1 is 1.33 bits per heavy atom. The molecule has 0 spiro atoms. The van der Waals surface area contributed by atoms with Gasteiger partial charge in [-0.05, 0) is 25.1 Å². The summed E-state index contributed by atoms with van der Waals surface area (Å²) in [5, 5.41) is 6.76. The average Bonchev–Trinajstić information content (AvgIpc) is 2.85. The molecular weight excluding hydrogens is 340 g/mol. The summed E-state index contributed by atoms with van der Waals surface area (Å²) in [7, 11) is -3.05. The minimum absolute atomic E-state index is 0.207. The van der Waals surface area contributed by atoms with Crippen LogP contribution in [0.1, 0.15) is 21.7 Å². The fourth-order valence-corrected chi connectivity index (χ4v) is 3.08. The maximum atomic E-state index is 12.7. The molecule has 0 unspecified atom stereocenters. The summed E-state index contributed by atoms with van der Waals surface area (Å²) >= 11 is 0. The van der Waals surface area contributed by atoms with Crippen molar-refractivity contribution in [2.24, 2.45) is 7.05 Å². The first-order chi connectivity index (χ1) is 11.2. The number of sulfone groups is 1. The standard InChI is InChI=1S/C15H17F2N3O3S/c1-10-9-11(19-20(10)2)7-8-18-14(21)12-5-3-4-6-13(12)24(22,23)15(16)17/h3-6,9,15H,7-8H2,1-2H3,(H,18,21). The van der Waals surface area contributed by atoms with Crippen LogP contribution in [-0.4, -0.2) is 36.4 Å². The Balaban J connectivity index is 2.10. The minimum Gasteiger partial charge on any atom is -0.352 e. The molecule has 0 atom stereocenters. The zero-order chi connectivity index (χ0) is 17.9. The van der Waals surface area contributed by atoms with Crippen molar-refractivity contribution in [3.8, 4) is 0 Å². The molecule has 0 saturated carbocycles. The zero-order valence-electron chi connectivity index (χ0n) is 13.2. The molecule has 9 heteroatoms. The number of carbonyl (C=O) groups excluding carboxylic acids is 1. The number of rotatable bonds is 6. The first-order valence-electron chi connectivity index (χ1n) is 7.12. The fourth-order valence-electron chi connectivity index (χ4n) is 2.15. The quantitative estimate of drug-likeness (QED) is 0.853. The highest BCUT2D eigenvalue weighted by atomic mass is 32.2. The number of halogens is 2. The second-order valence-electron chi connectivity index (χ2n) is 5.21. The molecule has 0 bridgehead atoms. The summed E-state index contributed by atoms with van der Waals surface area (Å²) in [6.07, 6.45) is 0.442. The van der Waals surface area contributed by atoms with Gasteiger partial charge in [0, 0.05) is 25.7 Å². The summed E-state index contributed by atoms with van der Waals surface area (Å²) in [6, 6.07) is 6.78. The van der Waals surface area contributed by atoms with Crippen LogP contribution in [0.3, 0.4) is 0 Å². The molecule has 24 heavy (non-hydrogen) atoms. The molecule has 1 N–H and O–H groups in total. The monoisotopic (exact) mass is 357 g/mol. The number of carbonyl (C=O) groups is 1. The summed E-state index contributed by atoms with van der Waals surface area (Å²) in [5.41, 5.74) is 1.43. The second-order valence-corrected chi connectivity index (χ2v) is 7.09. The van der Waals surface area contributed by atoms with E-state index in [2.05, 4.69) is 10.4 Å². The van der Waals surface area contributed by atoms with Crippen LogP contribution in [0.5, 0.6) is 0 Å². The Morgan fingerprint density at radius 3 is 2.58 bits per heavy atom. The third-order valence-electron chi connectivity index (χ3n) is 3.50. The van der Waals surface area contributed by atoms with Gasteiger partial charge in [-0.25, -0.2) is 8.42 Å². The second kappa shape index (κ2) is 7.08. The number of hydrogen-bond donors (Lipinski definition) is 1. The number of amides is 1. The van der Waals surface area contributed by atoms with Crippen LogP contribution in [0, 0.1) is 6.92 Å². The van der Waals surface area contributed by atoms with Gasteiger partial charge in [-0.1, -0.05) is 12.1 Å². The van der Waals surface area contributed by atoms with E-state index in [-0.39, 0.29) is 12.1 Å². The van der Waals surface area contributed by atoms with Crippen LogP contribution in [0.4, 0.5) is 8.78 Å². The van der Waals surface area contributed by atoms with Gasteiger partial charge in [0.15, 0.2) is 0 Å². The topological polar surface area (TPSA) is 81.1 Å². The Kier molecular flexibility index (Phi) is 5.33. The van der Waals surface area contributed by atoms with Crippen molar-refractivity contribution in [2.75, 3.05) is 6.54 Å². The number of aryl methyl sites for hydroxylation is 2. The van der Waals surface area contributed by atoms with Crippen LogP contribution in [0.25, 0.3) is 0 Å². The van der Waals surface area contributed by atoms with Gasteiger partial charge in [0.05, 0.1) is 16.2 Å². The maximum absolute atomic E-state index is 12.7. The first kappa shape index (κ1) is 18.1. The van der Waals surface area contributed by atoms with Crippen LogP contribution in [0.15, 0.2) is 35.2 Å². The molecule has 2 aromatic rings. The van der Waals surface area contributed by atoms with Crippen molar-refractivity contribution in [3.63, 3.8) is 0 Å². The Morgan fingerprint density at radius 2 is 2.00 bits per heavy atom. The highest BCUT2D eigenvalue weighted by Gasteiger charge is 2.30. The Labute approximate surface area is 138 Å². The lowest BCUT2D eigenvalue weighted by Gasteiger charge is -2.10. The number of nitrogens with zero attached hydrogens (tertiary/aromatic N) is 2. The molecule has 6 nitrogen and oxygen atoms in total. The molecule has 0 aliphatic carbocycles. The van der Waals surface area contributed by atoms with Gasteiger partial charge in [-0.15, -0.1) is 0 Å². The van der Waals surface area contributed by atoms with E-state index < -0.39 is 26.4 Å². The lowest BCUT2D eigenvalue weighted by atomic mass is 10.2. The molecule has 0 saturated heterocycles. The predicted molar refractivity (Wildman–Crippen MR) is 83.6 cm³/mol. The van der Waals surface area contributed by atoms with E-state index in [0.717, 1.165) is 17.5 Å². The van der Waals surface area contributed by atoms with Gasteiger partial charge >= 0.3 is 5.76 Å². The number of hydrogen-bond acceptors (Lipinski definition) is 4. The van der Waals surface area contributed by atoms with Crippen LogP contribution >= 0.6 is 0 Å². The number of benzene rings is 1. The number of alkyl halides is 2. The van der Waals surface area contributed by atoms with Crippen molar-refractivity contribution in [3.05, 3.63) is 47.3 Å². The molecule has 1 heterocycles. The number of aromatic nitrogens is 2.